The fraction of sp³-hybridized carbons (Fsp3) is 0.565. The highest BCUT2D eigenvalue weighted by molar-refractivity contribution is 6.28. The number of halogens is 3. The first-order chi connectivity index (χ1) is 17.1. The summed E-state index contributed by atoms with van der Waals surface area (Å²) in [5.41, 5.74) is 1.55. The third kappa shape index (κ3) is 5.28. The predicted octanol–water partition coefficient (Wildman–Crippen LogP) is 2.95. The summed E-state index contributed by atoms with van der Waals surface area (Å²) in [5, 5.41) is 31.2. The lowest BCUT2D eigenvalue weighted by atomic mass is 10.1. The highest BCUT2D eigenvalue weighted by Crippen LogP contribution is 2.44. The van der Waals surface area contributed by atoms with Crippen LogP contribution < -0.4 is 5.32 Å². The number of aliphatic hydroxyl groups excluding tert-OH is 1. The number of fused-ring (bicyclic) bond motifs is 1. The summed E-state index contributed by atoms with van der Waals surface area (Å²) in [7, 11) is 0. The number of aliphatic hydroxyl groups is 2. The van der Waals surface area contributed by atoms with Gasteiger partial charge in [-0.2, -0.15) is 9.97 Å². The van der Waals surface area contributed by atoms with Gasteiger partial charge < -0.3 is 25.0 Å². The SMILES string of the molecule is CC(C)(O)O[C@H]1C[C@H](n2nnc3c(N[C@@H]4C[C@H]4c4ccc(F)c(F)c4)nc(Cl)nc32)C[C@@H]1OCCO. The topological polar surface area (TPSA) is 127 Å². The van der Waals surface area contributed by atoms with E-state index in [1.54, 1.807) is 24.6 Å². The average molecular weight is 525 g/mol. The standard InChI is InChI=1S/C23H27ClF2N6O4/c1-23(2,34)36-18-9-12(8-17(18)35-6-5-33)32-21-19(30-31-32)20(28-22(24)29-21)27-16-10-13(16)11-3-4-14(25)15(26)7-11/h3-4,7,12-13,16-18,33-34H,5-6,8-10H2,1-2H3,(H,27,28,29)/t12-,13+,16-,17+,18+/m1/s1. The number of ether oxygens (including phenoxy) is 2. The third-order valence-corrected chi connectivity index (χ3v) is 6.58. The Labute approximate surface area is 210 Å². The van der Waals surface area contributed by atoms with Crippen molar-refractivity contribution in [1.29, 1.82) is 0 Å². The molecule has 0 spiro atoms. The molecular weight excluding hydrogens is 498 g/mol. The molecule has 2 aliphatic rings. The van der Waals surface area contributed by atoms with Crippen molar-refractivity contribution in [2.75, 3.05) is 18.5 Å². The van der Waals surface area contributed by atoms with Gasteiger partial charge in [-0.25, -0.2) is 13.5 Å². The molecule has 10 nitrogen and oxygen atoms in total. The molecule has 2 aromatic heterocycles. The number of nitrogens with zero attached hydrogens (tertiary/aromatic N) is 5. The Kier molecular flexibility index (Phi) is 6.81. The van der Waals surface area contributed by atoms with Crippen LogP contribution in [-0.4, -0.2) is 72.4 Å². The summed E-state index contributed by atoms with van der Waals surface area (Å²) in [6, 6.07) is 3.65. The fourth-order valence-electron chi connectivity index (χ4n) is 4.80. The average Bonchev–Trinajstić information content (AvgIpc) is 3.25. The monoisotopic (exact) mass is 524 g/mol. The zero-order chi connectivity index (χ0) is 25.6. The van der Waals surface area contributed by atoms with Crippen molar-refractivity contribution in [3.8, 4) is 0 Å². The van der Waals surface area contributed by atoms with Crippen LogP contribution in [0.1, 0.15) is 50.6 Å². The number of aromatic nitrogens is 5. The van der Waals surface area contributed by atoms with Gasteiger partial charge in [0.15, 0.2) is 34.4 Å². The molecule has 0 unspecified atom stereocenters. The van der Waals surface area contributed by atoms with E-state index in [2.05, 4.69) is 25.6 Å². The van der Waals surface area contributed by atoms with E-state index < -0.39 is 23.5 Å². The normalized spacial score (nSPS) is 26.0. The van der Waals surface area contributed by atoms with Crippen molar-refractivity contribution in [3.05, 3.63) is 40.7 Å². The first kappa shape index (κ1) is 25.2. The number of benzene rings is 1. The van der Waals surface area contributed by atoms with Crippen molar-refractivity contribution >= 4 is 28.6 Å². The molecule has 13 heteroatoms. The van der Waals surface area contributed by atoms with Crippen LogP contribution in [0.5, 0.6) is 0 Å². The first-order valence-corrected chi connectivity index (χ1v) is 12.1. The van der Waals surface area contributed by atoms with Gasteiger partial charge in [0.2, 0.25) is 5.28 Å². The molecule has 1 aromatic carbocycles. The lowest BCUT2D eigenvalue weighted by Gasteiger charge is -2.27. The lowest BCUT2D eigenvalue weighted by Crippen LogP contribution is -2.36. The quantitative estimate of drug-likeness (QED) is 0.286. The molecule has 0 aliphatic heterocycles. The van der Waals surface area contributed by atoms with Gasteiger partial charge >= 0.3 is 0 Å². The van der Waals surface area contributed by atoms with Gasteiger partial charge in [0, 0.05) is 12.0 Å². The van der Waals surface area contributed by atoms with E-state index in [9.17, 15) is 19.0 Å². The van der Waals surface area contributed by atoms with Crippen LogP contribution in [-0.2, 0) is 9.47 Å². The lowest BCUT2D eigenvalue weighted by molar-refractivity contribution is -0.224. The molecule has 194 valence electrons. The molecule has 2 heterocycles. The highest BCUT2D eigenvalue weighted by Gasteiger charge is 2.42. The number of hydrogen-bond acceptors (Lipinski definition) is 9. The summed E-state index contributed by atoms with van der Waals surface area (Å²) in [5.74, 6) is -2.71. The zero-order valence-corrected chi connectivity index (χ0v) is 20.5. The minimum absolute atomic E-state index is 0.00191. The second-order valence-corrected chi connectivity index (χ2v) is 10.0. The zero-order valence-electron chi connectivity index (χ0n) is 19.7. The van der Waals surface area contributed by atoms with Crippen LogP contribution in [0.15, 0.2) is 18.2 Å². The van der Waals surface area contributed by atoms with Crippen LogP contribution in [0.4, 0.5) is 14.6 Å². The van der Waals surface area contributed by atoms with E-state index in [0.717, 1.165) is 6.07 Å². The maximum absolute atomic E-state index is 13.6. The van der Waals surface area contributed by atoms with Gasteiger partial charge in [-0.1, -0.05) is 11.3 Å². The van der Waals surface area contributed by atoms with Crippen molar-refractivity contribution in [3.63, 3.8) is 0 Å². The molecule has 0 saturated heterocycles. The largest absolute Gasteiger partial charge is 0.394 e. The van der Waals surface area contributed by atoms with Gasteiger partial charge in [-0.15, -0.1) is 5.10 Å². The first-order valence-electron chi connectivity index (χ1n) is 11.8. The molecular formula is C23H27ClF2N6O4. The molecule has 0 bridgehead atoms. The summed E-state index contributed by atoms with van der Waals surface area (Å²) in [4.78, 5) is 8.63. The van der Waals surface area contributed by atoms with Crippen LogP contribution >= 0.6 is 11.6 Å². The Morgan fingerprint density at radius 3 is 2.67 bits per heavy atom. The molecule has 0 amide bonds. The Hall–Kier alpha value is -2.51. The molecule has 2 aliphatic carbocycles. The third-order valence-electron chi connectivity index (χ3n) is 6.41. The Balaban J connectivity index is 1.36. The molecule has 5 rings (SSSR count). The second kappa shape index (κ2) is 9.75. The van der Waals surface area contributed by atoms with Gasteiger partial charge in [-0.3, -0.25) is 0 Å². The van der Waals surface area contributed by atoms with Gasteiger partial charge in [0.1, 0.15) is 0 Å². The minimum atomic E-state index is -1.36. The summed E-state index contributed by atoms with van der Waals surface area (Å²) in [6.45, 7) is 3.10. The Bertz CT molecular complexity index is 1260. The maximum atomic E-state index is 13.6. The van der Waals surface area contributed by atoms with Crippen molar-refractivity contribution in [2.45, 2.75) is 69.1 Å². The summed E-state index contributed by atoms with van der Waals surface area (Å²) < 4.78 is 40.1. The molecule has 3 N–H and O–H groups in total. The van der Waals surface area contributed by atoms with Gasteiger partial charge in [0.25, 0.3) is 0 Å². The van der Waals surface area contributed by atoms with Crippen LogP contribution in [0.25, 0.3) is 11.2 Å². The van der Waals surface area contributed by atoms with E-state index in [4.69, 9.17) is 21.1 Å². The van der Waals surface area contributed by atoms with Crippen LogP contribution in [0, 0.1) is 11.6 Å². The molecule has 0 radical (unpaired) electrons. The highest BCUT2D eigenvalue weighted by atomic mass is 35.5. The number of hydrogen-bond donors (Lipinski definition) is 3. The Morgan fingerprint density at radius 2 is 1.94 bits per heavy atom. The molecule has 36 heavy (non-hydrogen) atoms. The summed E-state index contributed by atoms with van der Waals surface area (Å²) >= 11 is 6.24. The molecule has 2 saturated carbocycles. The van der Waals surface area contributed by atoms with Gasteiger partial charge in [-0.05, 0) is 62.4 Å². The number of rotatable bonds is 9. The van der Waals surface area contributed by atoms with Gasteiger partial charge in [0.05, 0.1) is 31.5 Å². The van der Waals surface area contributed by atoms with Crippen molar-refractivity contribution in [2.24, 2.45) is 0 Å². The smallest absolute Gasteiger partial charge is 0.226 e. The molecule has 2 fully saturated rings. The van der Waals surface area contributed by atoms with Crippen LogP contribution in [0.3, 0.4) is 0 Å². The van der Waals surface area contributed by atoms with E-state index >= 15 is 0 Å². The number of anilines is 1. The van der Waals surface area contributed by atoms with Crippen molar-refractivity contribution < 1.29 is 28.5 Å². The van der Waals surface area contributed by atoms with E-state index in [1.807, 2.05) is 0 Å². The minimum Gasteiger partial charge on any atom is -0.394 e. The molecule has 5 atom stereocenters. The van der Waals surface area contributed by atoms with Crippen LogP contribution in [0.2, 0.25) is 5.28 Å². The van der Waals surface area contributed by atoms with E-state index in [-0.39, 0.29) is 42.6 Å². The van der Waals surface area contributed by atoms with E-state index in [0.29, 0.717) is 41.8 Å². The molecule has 3 aromatic rings. The Morgan fingerprint density at radius 1 is 1.17 bits per heavy atom. The summed E-state index contributed by atoms with van der Waals surface area (Å²) in [6.07, 6.45) is 0.893. The van der Waals surface area contributed by atoms with Crippen molar-refractivity contribution in [1.82, 2.24) is 25.0 Å². The second-order valence-electron chi connectivity index (χ2n) is 9.68. The maximum Gasteiger partial charge on any atom is 0.226 e. The predicted molar refractivity (Wildman–Crippen MR) is 126 cm³/mol. The number of nitrogens with one attached hydrogen (secondary N) is 1. The fourth-order valence-corrected chi connectivity index (χ4v) is 4.97. The van der Waals surface area contributed by atoms with E-state index in [1.165, 1.54) is 6.07 Å².